The molecule has 0 aliphatic rings. The molecule has 1 aromatic carbocycles. The summed E-state index contributed by atoms with van der Waals surface area (Å²) in [5.74, 6) is 0.678. The third-order valence-electron chi connectivity index (χ3n) is 2.82. The number of hydrogen-bond acceptors (Lipinski definition) is 5. The Kier molecular flexibility index (Phi) is 6.57. The topological polar surface area (TPSA) is 71.4 Å². The van der Waals surface area contributed by atoms with Gasteiger partial charge in [0, 0.05) is 12.8 Å². The minimum atomic E-state index is -2.61. The van der Waals surface area contributed by atoms with Crippen LogP contribution in [0.25, 0.3) is 0 Å². The first-order valence-corrected chi connectivity index (χ1v) is 8.78. The van der Waals surface area contributed by atoms with Crippen LogP contribution in [0.15, 0.2) is 24.3 Å². The number of nitrogens with zero attached hydrogens (tertiary/aromatic N) is 1. The normalized spacial score (nSPS) is 14.9. The molecule has 5 nitrogen and oxygen atoms in total. The predicted octanol–water partition coefficient (Wildman–Crippen LogP) is 3.33. The van der Waals surface area contributed by atoms with Gasteiger partial charge >= 0.3 is 0 Å². The van der Waals surface area contributed by atoms with Crippen LogP contribution in [-0.4, -0.2) is 32.6 Å². The average molecular weight is 296 g/mol. The zero-order chi connectivity index (χ0) is 15.0. The second-order valence-corrected chi connectivity index (χ2v) is 7.20. The van der Waals surface area contributed by atoms with Gasteiger partial charge in [-0.15, -0.1) is 0 Å². The fourth-order valence-electron chi connectivity index (χ4n) is 1.82. The van der Waals surface area contributed by atoms with Crippen molar-refractivity contribution in [3.05, 3.63) is 24.3 Å². The van der Waals surface area contributed by atoms with Gasteiger partial charge in [-0.2, -0.15) is 5.26 Å². The van der Waals surface area contributed by atoms with Crippen LogP contribution in [0, 0.1) is 11.3 Å². The summed E-state index contributed by atoms with van der Waals surface area (Å²) in [4.78, 5) is 0. The van der Waals surface area contributed by atoms with E-state index in [4.69, 9.17) is 9.26 Å². The van der Waals surface area contributed by atoms with Gasteiger partial charge < -0.3 is 14.6 Å². The largest absolute Gasteiger partial charge is 0.495 e. The molecule has 0 heterocycles. The van der Waals surface area contributed by atoms with E-state index in [9.17, 15) is 9.83 Å². The van der Waals surface area contributed by atoms with Crippen molar-refractivity contribution < 1.29 is 13.8 Å². The molecule has 0 spiro atoms. The van der Waals surface area contributed by atoms with Crippen molar-refractivity contribution in [2.45, 2.75) is 19.4 Å². The highest BCUT2D eigenvalue weighted by Crippen LogP contribution is 2.43. The van der Waals surface area contributed by atoms with E-state index in [1.165, 1.54) is 0 Å². The highest BCUT2D eigenvalue weighted by molar-refractivity contribution is 7.58. The minimum Gasteiger partial charge on any atom is -0.495 e. The summed E-state index contributed by atoms with van der Waals surface area (Å²) in [7, 11) is -1.02. The molecule has 20 heavy (non-hydrogen) atoms. The summed E-state index contributed by atoms with van der Waals surface area (Å²) < 4.78 is 22.5. The molecule has 0 aliphatic carbocycles. The maximum Gasteiger partial charge on any atom is 0.200 e. The SMILES string of the molecule is CCOP(C)(=O)CCC(C#N)Nc1ccccc1OC. The second-order valence-electron chi connectivity index (χ2n) is 4.47. The van der Waals surface area contributed by atoms with Crippen LogP contribution < -0.4 is 10.1 Å². The first-order valence-electron chi connectivity index (χ1n) is 6.52. The van der Waals surface area contributed by atoms with E-state index in [2.05, 4.69) is 11.4 Å². The zero-order valence-electron chi connectivity index (χ0n) is 12.1. The molecule has 0 saturated heterocycles. The molecule has 2 unspecified atom stereocenters. The Morgan fingerprint density at radius 2 is 2.15 bits per heavy atom. The van der Waals surface area contributed by atoms with E-state index in [0.717, 1.165) is 5.69 Å². The number of benzene rings is 1. The number of hydrogen-bond donors (Lipinski definition) is 1. The van der Waals surface area contributed by atoms with Crippen LogP contribution >= 0.6 is 7.37 Å². The van der Waals surface area contributed by atoms with Crippen LogP contribution in [-0.2, 0) is 9.09 Å². The Labute approximate surface area is 120 Å². The summed E-state index contributed by atoms with van der Waals surface area (Å²) in [5, 5.41) is 12.3. The van der Waals surface area contributed by atoms with Crippen molar-refractivity contribution in [3.63, 3.8) is 0 Å². The van der Waals surface area contributed by atoms with Crippen molar-refractivity contribution in [1.29, 1.82) is 5.26 Å². The number of nitriles is 1. The maximum absolute atomic E-state index is 12.0. The van der Waals surface area contributed by atoms with Gasteiger partial charge in [-0.3, -0.25) is 4.57 Å². The molecule has 0 bridgehead atoms. The number of nitrogens with one attached hydrogen (secondary N) is 1. The number of ether oxygens (including phenoxy) is 1. The maximum atomic E-state index is 12.0. The third kappa shape index (κ3) is 5.24. The lowest BCUT2D eigenvalue weighted by Gasteiger charge is -2.18. The van der Waals surface area contributed by atoms with Crippen molar-refractivity contribution in [3.8, 4) is 11.8 Å². The number of anilines is 1. The first-order chi connectivity index (χ1) is 9.52. The lowest BCUT2D eigenvalue weighted by atomic mass is 10.2. The molecule has 6 heteroatoms. The fourth-order valence-corrected chi connectivity index (χ4v) is 3.22. The van der Waals surface area contributed by atoms with Gasteiger partial charge in [-0.05, 0) is 25.5 Å². The van der Waals surface area contributed by atoms with Crippen LogP contribution in [0.4, 0.5) is 5.69 Å². The summed E-state index contributed by atoms with van der Waals surface area (Å²) in [6.45, 7) is 3.84. The lowest BCUT2D eigenvalue weighted by Crippen LogP contribution is -2.19. The van der Waals surface area contributed by atoms with Gasteiger partial charge in [-0.1, -0.05) is 12.1 Å². The van der Waals surface area contributed by atoms with Crippen molar-refractivity contribution >= 4 is 13.1 Å². The van der Waals surface area contributed by atoms with E-state index >= 15 is 0 Å². The minimum absolute atomic E-state index is 0.376. The number of methoxy groups -OCH3 is 1. The summed E-state index contributed by atoms with van der Waals surface area (Å²) in [6, 6.07) is 9.14. The number of rotatable bonds is 8. The Morgan fingerprint density at radius 3 is 2.75 bits per heavy atom. The van der Waals surface area contributed by atoms with Crippen LogP contribution in [0.2, 0.25) is 0 Å². The van der Waals surface area contributed by atoms with E-state index in [0.29, 0.717) is 24.9 Å². The monoisotopic (exact) mass is 296 g/mol. The highest BCUT2D eigenvalue weighted by Gasteiger charge is 2.19. The molecule has 0 aromatic heterocycles. The van der Waals surface area contributed by atoms with E-state index in [-0.39, 0.29) is 0 Å². The quantitative estimate of drug-likeness (QED) is 0.745. The van der Waals surface area contributed by atoms with Gasteiger partial charge in [0.15, 0.2) is 7.37 Å². The molecule has 1 rings (SSSR count). The van der Waals surface area contributed by atoms with Crippen LogP contribution in [0.3, 0.4) is 0 Å². The van der Waals surface area contributed by atoms with E-state index in [1.54, 1.807) is 13.8 Å². The zero-order valence-corrected chi connectivity index (χ0v) is 13.0. The number of para-hydroxylation sites is 2. The molecule has 0 aliphatic heterocycles. The average Bonchev–Trinajstić information content (AvgIpc) is 2.43. The molecule has 0 amide bonds. The predicted molar refractivity (Wildman–Crippen MR) is 80.7 cm³/mol. The Hall–Kier alpha value is -1.50. The Balaban J connectivity index is 2.64. The molecule has 1 N–H and O–H groups in total. The van der Waals surface area contributed by atoms with E-state index < -0.39 is 13.4 Å². The van der Waals surface area contributed by atoms with Gasteiger partial charge in [0.1, 0.15) is 11.8 Å². The van der Waals surface area contributed by atoms with Gasteiger partial charge in [0.2, 0.25) is 0 Å². The molecule has 0 radical (unpaired) electrons. The highest BCUT2D eigenvalue weighted by atomic mass is 31.2. The molecule has 110 valence electrons. The second kappa shape index (κ2) is 7.94. The summed E-state index contributed by atoms with van der Waals surface area (Å²) in [5.41, 5.74) is 0.754. The summed E-state index contributed by atoms with van der Waals surface area (Å²) in [6.07, 6.45) is 0.837. The van der Waals surface area contributed by atoms with Gasteiger partial charge in [-0.25, -0.2) is 0 Å². The fraction of sp³-hybridized carbons (Fsp3) is 0.500. The van der Waals surface area contributed by atoms with Gasteiger partial charge in [0.05, 0.1) is 25.5 Å². The first kappa shape index (κ1) is 16.6. The molecule has 1 aromatic rings. The lowest BCUT2D eigenvalue weighted by molar-refractivity contribution is 0.336. The summed E-state index contributed by atoms with van der Waals surface area (Å²) >= 11 is 0. The van der Waals surface area contributed by atoms with Crippen molar-refractivity contribution in [2.75, 3.05) is 31.9 Å². The van der Waals surface area contributed by atoms with E-state index in [1.807, 2.05) is 31.2 Å². The Bertz CT molecular complexity index is 513. The molecular weight excluding hydrogens is 275 g/mol. The molecule has 0 saturated carbocycles. The van der Waals surface area contributed by atoms with Crippen LogP contribution in [0.5, 0.6) is 5.75 Å². The molecular formula is C14H21N2O3P. The third-order valence-corrected chi connectivity index (χ3v) is 4.69. The molecule has 0 fully saturated rings. The van der Waals surface area contributed by atoms with Crippen molar-refractivity contribution in [2.24, 2.45) is 0 Å². The van der Waals surface area contributed by atoms with Crippen molar-refractivity contribution in [1.82, 2.24) is 0 Å². The smallest absolute Gasteiger partial charge is 0.200 e. The standard InChI is InChI=1S/C14H21N2O3P/c1-4-19-20(3,17)10-9-12(11-15)16-13-7-5-6-8-14(13)18-2/h5-8,12,16H,4,9-10H2,1-3H3. The molecule has 2 atom stereocenters. The van der Waals surface area contributed by atoms with Crippen LogP contribution in [0.1, 0.15) is 13.3 Å². The van der Waals surface area contributed by atoms with Gasteiger partial charge in [0.25, 0.3) is 0 Å². The Morgan fingerprint density at radius 1 is 1.45 bits per heavy atom.